The Kier molecular flexibility index (Phi) is 2.44. The Morgan fingerprint density at radius 1 is 1.12 bits per heavy atom. The number of aryl methyl sites for hydroxylation is 1. The van der Waals surface area contributed by atoms with E-state index in [0.717, 1.165) is 6.42 Å². The summed E-state index contributed by atoms with van der Waals surface area (Å²) in [7, 11) is 0. The van der Waals surface area contributed by atoms with Crippen LogP contribution in [0, 0.1) is 6.92 Å². The summed E-state index contributed by atoms with van der Waals surface area (Å²) in [4.78, 5) is 0. The normalized spacial score (nSPS) is 23.7. The van der Waals surface area contributed by atoms with E-state index in [1.807, 2.05) is 0 Å². The van der Waals surface area contributed by atoms with Gasteiger partial charge in [0.2, 0.25) is 0 Å². The van der Waals surface area contributed by atoms with E-state index < -0.39 is 0 Å². The Bertz CT molecular complexity index is 571. The molecule has 0 fully saturated rings. The lowest BCUT2D eigenvalue weighted by Gasteiger charge is -2.29. The number of hydrogen-bond donors (Lipinski definition) is 1. The van der Waals surface area contributed by atoms with Gasteiger partial charge >= 0.3 is 0 Å². The molecule has 2 N–H and O–H groups in total. The van der Waals surface area contributed by atoms with Crippen molar-refractivity contribution in [3.05, 3.63) is 47.0 Å². The molecule has 0 saturated carbocycles. The number of benzene rings is 2. The van der Waals surface area contributed by atoms with Crippen molar-refractivity contribution in [2.24, 2.45) is 5.73 Å². The lowest BCUT2D eigenvalue weighted by molar-refractivity contribution is 0.516. The van der Waals surface area contributed by atoms with Crippen LogP contribution in [0.25, 0.3) is 10.8 Å². The van der Waals surface area contributed by atoms with E-state index in [0.29, 0.717) is 5.92 Å². The summed E-state index contributed by atoms with van der Waals surface area (Å²) in [5, 5.41) is 2.79. The maximum atomic E-state index is 6.27. The monoisotopic (exact) mass is 225 g/mol. The minimum Gasteiger partial charge on any atom is -0.324 e. The van der Waals surface area contributed by atoms with Crippen LogP contribution in [-0.4, -0.2) is 0 Å². The number of hydrogen-bond acceptors (Lipinski definition) is 1. The molecule has 17 heavy (non-hydrogen) atoms. The lowest BCUT2D eigenvalue weighted by atomic mass is 9.78. The lowest BCUT2D eigenvalue weighted by Crippen LogP contribution is -2.20. The van der Waals surface area contributed by atoms with Gasteiger partial charge in [-0.1, -0.05) is 37.3 Å². The minimum atomic E-state index is 0.226. The van der Waals surface area contributed by atoms with E-state index in [1.54, 1.807) is 0 Å². The molecular weight excluding hydrogens is 206 g/mol. The molecule has 0 bridgehead atoms. The highest BCUT2D eigenvalue weighted by molar-refractivity contribution is 5.90. The highest BCUT2D eigenvalue weighted by Crippen LogP contribution is 2.41. The van der Waals surface area contributed by atoms with E-state index in [9.17, 15) is 0 Å². The quantitative estimate of drug-likeness (QED) is 0.719. The topological polar surface area (TPSA) is 26.0 Å². The predicted octanol–water partition coefficient (Wildman–Crippen LogP) is 4.05. The van der Waals surface area contributed by atoms with Crippen LogP contribution in [-0.2, 0) is 0 Å². The molecule has 3 rings (SSSR count). The largest absolute Gasteiger partial charge is 0.324 e. The van der Waals surface area contributed by atoms with Gasteiger partial charge in [-0.25, -0.2) is 0 Å². The predicted molar refractivity (Wildman–Crippen MR) is 73.3 cm³/mol. The van der Waals surface area contributed by atoms with Crippen molar-refractivity contribution in [1.82, 2.24) is 0 Å². The maximum Gasteiger partial charge on any atom is 0.0298 e. The standard InChI is InChI=1S/C16H19N/c1-10-7-8-15(17)14-9-11(2)12-5-3-4-6-13(12)16(10)14/h3-6,9-10,15H,7-8,17H2,1-2H3/t10?,15-/m1/s1. The zero-order valence-corrected chi connectivity index (χ0v) is 10.5. The van der Waals surface area contributed by atoms with Crippen molar-refractivity contribution in [3.63, 3.8) is 0 Å². The highest BCUT2D eigenvalue weighted by Gasteiger charge is 2.24. The number of fused-ring (bicyclic) bond motifs is 3. The van der Waals surface area contributed by atoms with Gasteiger partial charge in [0.25, 0.3) is 0 Å². The Morgan fingerprint density at radius 2 is 1.82 bits per heavy atom. The Hall–Kier alpha value is -1.34. The maximum absolute atomic E-state index is 6.27. The second-order valence-corrected chi connectivity index (χ2v) is 5.33. The molecule has 2 aromatic rings. The zero-order chi connectivity index (χ0) is 12.0. The summed E-state index contributed by atoms with van der Waals surface area (Å²) >= 11 is 0. The highest BCUT2D eigenvalue weighted by atomic mass is 14.6. The minimum absolute atomic E-state index is 0.226. The molecule has 1 aliphatic rings. The van der Waals surface area contributed by atoms with Gasteiger partial charge in [0, 0.05) is 6.04 Å². The summed E-state index contributed by atoms with van der Waals surface area (Å²) in [5.74, 6) is 0.635. The fourth-order valence-corrected chi connectivity index (χ4v) is 3.19. The first kappa shape index (κ1) is 10.8. The molecule has 88 valence electrons. The Balaban J connectivity index is 2.41. The van der Waals surface area contributed by atoms with Crippen LogP contribution in [0.1, 0.15) is 48.4 Å². The molecule has 1 aliphatic carbocycles. The van der Waals surface area contributed by atoms with Crippen molar-refractivity contribution >= 4 is 10.8 Å². The van der Waals surface area contributed by atoms with Crippen molar-refractivity contribution < 1.29 is 0 Å². The van der Waals surface area contributed by atoms with Gasteiger partial charge in [-0.15, -0.1) is 0 Å². The fraction of sp³-hybridized carbons (Fsp3) is 0.375. The van der Waals surface area contributed by atoms with Gasteiger partial charge in [0.1, 0.15) is 0 Å². The van der Waals surface area contributed by atoms with Gasteiger partial charge in [-0.3, -0.25) is 0 Å². The zero-order valence-electron chi connectivity index (χ0n) is 10.5. The first-order valence-corrected chi connectivity index (χ1v) is 6.46. The molecule has 1 nitrogen and oxygen atoms in total. The summed E-state index contributed by atoms with van der Waals surface area (Å²) in [6.07, 6.45) is 2.33. The second kappa shape index (κ2) is 3.85. The van der Waals surface area contributed by atoms with Crippen LogP contribution in [0.2, 0.25) is 0 Å². The van der Waals surface area contributed by atoms with Crippen LogP contribution in [0.15, 0.2) is 30.3 Å². The third kappa shape index (κ3) is 1.57. The smallest absolute Gasteiger partial charge is 0.0298 e. The second-order valence-electron chi connectivity index (χ2n) is 5.33. The molecule has 2 aromatic carbocycles. The average molecular weight is 225 g/mol. The van der Waals surface area contributed by atoms with Gasteiger partial charge in [-0.2, -0.15) is 0 Å². The fourth-order valence-electron chi connectivity index (χ4n) is 3.19. The summed E-state index contributed by atoms with van der Waals surface area (Å²) in [5.41, 5.74) is 10.5. The third-order valence-corrected chi connectivity index (χ3v) is 4.13. The average Bonchev–Trinajstić information content (AvgIpc) is 2.34. The number of nitrogens with two attached hydrogens (primary N) is 1. The molecule has 1 unspecified atom stereocenters. The van der Waals surface area contributed by atoms with E-state index in [-0.39, 0.29) is 6.04 Å². The SMILES string of the molecule is Cc1cc2c(c3ccccc13)C(C)CC[C@H]2N. The van der Waals surface area contributed by atoms with Gasteiger partial charge in [0.15, 0.2) is 0 Å². The molecule has 0 aromatic heterocycles. The third-order valence-electron chi connectivity index (χ3n) is 4.13. The molecule has 2 atom stereocenters. The molecule has 0 saturated heterocycles. The molecule has 0 radical (unpaired) electrons. The van der Waals surface area contributed by atoms with Crippen molar-refractivity contribution in [3.8, 4) is 0 Å². The van der Waals surface area contributed by atoms with Crippen LogP contribution in [0.4, 0.5) is 0 Å². The summed E-state index contributed by atoms with van der Waals surface area (Å²) < 4.78 is 0. The van der Waals surface area contributed by atoms with E-state index in [4.69, 9.17) is 5.73 Å². The van der Waals surface area contributed by atoms with Crippen molar-refractivity contribution in [2.45, 2.75) is 38.6 Å². The Labute approximate surface area is 103 Å². The molecule has 0 spiro atoms. The molecule has 0 amide bonds. The van der Waals surface area contributed by atoms with Crippen LogP contribution in [0.3, 0.4) is 0 Å². The molecule has 0 aliphatic heterocycles. The first-order valence-electron chi connectivity index (χ1n) is 6.46. The van der Waals surface area contributed by atoms with Gasteiger partial charge < -0.3 is 5.73 Å². The van der Waals surface area contributed by atoms with E-state index in [2.05, 4.69) is 44.2 Å². The van der Waals surface area contributed by atoms with Gasteiger partial charge in [0.05, 0.1) is 0 Å². The Morgan fingerprint density at radius 3 is 2.59 bits per heavy atom. The van der Waals surface area contributed by atoms with Crippen LogP contribution >= 0.6 is 0 Å². The first-order chi connectivity index (χ1) is 8.18. The number of rotatable bonds is 0. The molecule has 0 heterocycles. The molecule has 1 heteroatoms. The summed E-state index contributed by atoms with van der Waals surface area (Å²) in [6.45, 7) is 4.51. The van der Waals surface area contributed by atoms with Crippen LogP contribution < -0.4 is 5.73 Å². The van der Waals surface area contributed by atoms with Crippen molar-refractivity contribution in [1.29, 1.82) is 0 Å². The van der Waals surface area contributed by atoms with Crippen molar-refractivity contribution in [2.75, 3.05) is 0 Å². The van der Waals surface area contributed by atoms with Gasteiger partial charge in [-0.05, 0) is 53.1 Å². The summed E-state index contributed by atoms with van der Waals surface area (Å²) in [6, 6.07) is 11.2. The van der Waals surface area contributed by atoms with E-state index >= 15 is 0 Å². The molecular formula is C16H19N. The van der Waals surface area contributed by atoms with Crippen LogP contribution in [0.5, 0.6) is 0 Å². The van der Waals surface area contributed by atoms with E-state index in [1.165, 1.54) is 33.9 Å².